The minimum Gasteiger partial charge on any atom is -0.381 e. The summed E-state index contributed by atoms with van der Waals surface area (Å²) >= 11 is 0. The third-order valence-corrected chi connectivity index (χ3v) is 2.01. The van der Waals surface area contributed by atoms with Crippen molar-refractivity contribution in [1.29, 1.82) is 0 Å². The Morgan fingerprint density at radius 2 is 2.30 bits per heavy atom. The topological polar surface area (TPSA) is 35.2 Å². The molecular weight excluding hydrogens is 150 g/mol. The van der Waals surface area contributed by atoms with Crippen LogP contribution in [0.5, 0.6) is 0 Å². The van der Waals surface area contributed by atoms with Gasteiger partial charge in [-0.1, -0.05) is 6.92 Å². The molecule has 1 rings (SSSR count). The Balaban J connectivity index is 0.000000810. The fourth-order valence-corrected chi connectivity index (χ4v) is 1.15. The van der Waals surface area contributed by atoms with Crippen molar-refractivity contribution in [2.24, 2.45) is 11.1 Å². The molecule has 1 heterocycles. The fourth-order valence-electron chi connectivity index (χ4n) is 1.15. The van der Waals surface area contributed by atoms with Crippen LogP contribution >= 0.6 is 12.4 Å². The lowest BCUT2D eigenvalue weighted by Crippen LogP contribution is -2.35. The summed E-state index contributed by atoms with van der Waals surface area (Å²) in [6.45, 7) is 4.72. The highest BCUT2D eigenvalue weighted by Gasteiger charge is 2.25. The van der Waals surface area contributed by atoms with E-state index in [1.54, 1.807) is 0 Å². The smallest absolute Gasteiger partial charge is 0.0531 e. The van der Waals surface area contributed by atoms with Gasteiger partial charge in [-0.2, -0.15) is 0 Å². The molecule has 0 spiro atoms. The zero-order valence-electron chi connectivity index (χ0n) is 6.43. The van der Waals surface area contributed by atoms with Crippen molar-refractivity contribution >= 4 is 12.4 Å². The van der Waals surface area contributed by atoms with Crippen molar-refractivity contribution in [2.75, 3.05) is 19.8 Å². The van der Waals surface area contributed by atoms with E-state index >= 15 is 0 Å². The summed E-state index contributed by atoms with van der Waals surface area (Å²) in [6, 6.07) is 0. The molecule has 1 fully saturated rings. The summed E-state index contributed by atoms with van der Waals surface area (Å²) in [5.41, 5.74) is 5.83. The molecule has 0 aromatic rings. The molecule has 2 nitrogen and oxygen atoms in total. The van der Waals surface area contributed by atoms with Crippen molar-refractivity contribution in [3.63, 3.8) is 0 Å². The Morgan fingerprint density at radius 1 is 1.60 bits per heavy atom. The van der Waals surface area contributed by atoms with Crippen LogP contribution in [0.2, 0.25) is 0 Å². The lowest BCUT2D eigenvalue weighted by molar-refractivity contribution is 0.00750. The van der Waals surface area contributed by atoms with Gasteiger partial charge in [0.15, 0.2) is 0 Å². The van der Waals surface area contributed by atoms with Crippen LogP contribution in [0.1, 0.15) is 19.8 Å². The second-order valence-corrected chi connectivity index (χ2v) is 3.17. The summed E-state index contributed by atoms with van der Waals surface area (Å²) in [5.74, 6) is 0. The molecule has 1 saturated heterocycles. The quantitative estimate of drug-likeness (QED) is 0.634. The van der Waals surface area contributed by atoms with Crippen molar-refractivity contribution in [3.8, 4) is 0 Å². The molecule has 0 saturated carbocycles. The van der Waals surface area contributed by atoms with Gasteiger partial charge in [-0.25, -0.2) is 0 Å². The molecule has 1 atom stereocenters. The minimum absolute atomic E-state index is 0. The molecule has 1 aliphatic rings. The maximum atomic E-state index is 5.56. The van der Waals surface area contributed by atoms with E-state index in [4.69, 9.17) is 10.5 Å². The average molecular weight is 166 g/mol. The molecule has 2 N–H and O–H groups in total. The molecule has 62 valence electrons. The van der Waals surface area contributed by atoms with Gasteiger partial charge >= 0.3 is 0 Å². The molecule has 3 heteroatoms. The largest absolute Gasteiger partial charge is 0.381 e. The van der Waals surface area contributed by atoms with Crippen LogP contribution < -0.4 is 5.73 Å². The highest BCUT2D eigenvalue weighted by atomic mass is 35.5. The highest BCUT2D eigenvalue weighted by molar-refractivity contribution is 5.85. The van der Waals surface area contributed by atoms with Gasteiger partial charge in [0.2, 0.25) is 0 Å². The van der Waals surface area contributed by atoms with E-state index in [0.717, 1.165) is 19.8 Å². The van der Waals surface area contributed by atoms with E-state index in [1.807, 2.05) is 0 Å². The van der Waals surface area contributed by atoms with Crippen LogP contribution in [-0.2, 0) is 4.74 Å². The lowest BCUT2D eigenvalue weighted by atomic mass is 9.85. The van der Waals surface area contributed by atoms with E-state index in [0.29, 0.717) is 0 Å². The maximum Gasteiger partial charge on any atom is 0.0531 e. The van der Waals surface area contributed by atoms with Crippen molar-refractivity contribution in [3.05, 3.63) is 0 Å². The third kappa shape index (κ3) is 2.45. The van der Waals surface area contributed by atoms with Crippen molar-refractivity contribution < 1.29 is 4.74 Å². The summed E-state index contributed by atoms with van der Waals surface area (Å²) in [7, 11) is 0. The first-order chi connectivity index (χ1) is 4.27. The first-order valence-corrected chi connectivity index (χ1v) is 3.55. The van der Waals surface area contributed by atoms with Crippen molar-refractivity contribution in [2.45, 2.75) is 19.8 Å². The Bertz CT molecular complexity index is 91.6. The zero-order valence-corrected chi connectivity index (χ0v) is 7.25. The first kappa shape index (κ1) is 10.2. The second kappa shape index (κ2) is 4.16. The third-order valence-electron chi connectivity index (χ3n) is 2.01. The number of ether oxygens (including phenoxy) is 1. The van der Waals surface area contributed by atoms with Crippen LogP contribution in [0.4, 0.5) is 0 Å². The van der Waals surface area contributed by atoms with Crippen LogP contribution in [0.15, 0.2) is 0 Å². The van der Waals surface area contributed by atoms with Gasteiger partial charge in [0.1, 0.15) is 0 Å². The molecule has 0 radical (unpaired) electrons. The number of halogens is 1. The molecule has 1 aliphatic heterocycles. The number of hydrogen-bond acceptors (Lipinski definition) is 2. The number of rotatable bonds is 1. The summed E-state index contributed by atoms with van der Waals surface area (Å²) in [5, 5.41) is 0. The van der Waals surface area contributed by atoms with Crippen LogP contribution in [0, 0.1) is 5.41 Å². The molecule has 0 amide bonds. The Kier molecular flexibility index (Phi) is 4.25. The van der Waals surface area contributed by atoms with Crippen LogP contribution in [0.25, 0.3) is 0 Å². The fraction of sp³-hybridized carbons (Fsp3) is 1.00. The number of nitrogens with two attached hydrogens (primary N) is 1. The minimum atomic E-state index is 0. The van der Waals surface area contributed by atoms with Gasteiger partial charge < -0.3 is 10.5 Å². The Morgan fingerprint density at radius 3 is 2.60 bits per heavy atom. The second-order valence-electron chi connectivity index (χ2n) is 3.17. The Labute approximate surface area is 68.5 Å². The van der Waals surface area contributed by atoms with Crippen LogP contribution in [-0.4, -0.2) is 19.8 Å². The first-order valence-electron chi connectivity index (χ1n) is 3.55. The SMILES string of the molecule is C[C@]1(CN)CCCOC1.Cl. The number of hydrogen-bond donors (Lipinski definition) is 1. The standard InChI is InChI=1S/C7H15NO.ClH/c1-7(5-8)3-2-4-9-6-7;/h2-6,8H2,1H3;1H/t7-;/m1./s1. The van der Waals surface area contributed by atoms with E-state index < -0.39 is 0 Å². The van der Waals surface area contributed by atoms with Gasteiger partial charge in [-0.05, 0) is 19.4 Å². The van der Waals surface area contributed by atoms with E-state index in [2.05, 4.69) is 6.92 Å². The Hall–Kier alpha value is 0.210. The van der Waals surface area contributed by atoms with Gasteiger partial charge in [-0.15, -0.1) is 12.4 Å². The summed E-state index contributed by atoms with van der Waals surface area (Å²) in [6.07, 6.45) is 2.40. The highest BCUT2D eigenvalue weighted by Crippen LogP contribution is 2.25. The molecule has 0 aliphatic carbocycles. The summed E-state index contributed by atoms with van der Waals surface area (Å²) in [4.78, 5) is 0. The van der Waals surface area contributed by atoms with Gasteiger partial charge in [0, 0.05) is 12.0 Å². The maximum absolute atomic E-state index is 5.56. The van der Waals surface area contributed by atoms with Crippen LogP contribution in [0.3, 0.4) is 0 Å². The predicted octanol–water partition coefficient (Wildman–Crippen LogP) is 1.18. The zero-order chi connectivity index (χ0) is 6.74. The van der Waals surface area contributed by atoms with E-state index in [-0.39, 0.29) is 17.8 Å². The molecule has 0 bridgehead atoms. The van der Waals surface area contributed by atoms with E-state index in [9.17, 15) is 0 Å². The monoisotopic (exact) mass is 165 g/mol. The van der Waals surface area contributed by atoms with Gasteiger partial charge in [-0.3, -0.25) is 0 Å². The van der Waals surface area contributed by atoms with Gasteiger partial charge in [0.05, 0.1) is 6.61 Å². The lowest BCUT2D eigenvalue weighted by Gasteiger charge is -2.31. The summed E-state index contributed by atoms with van der Waals surface area (Å²) < 4.78 is 5.30. The van der Waals surface area contributed by atoms with Gasteiger partial charge in [0.25, 0.3) is 0 Å². The molecular formula is C7H16ClNO. The molecule has 10 heavy (non-hydrogen) atoms. The average Bonchev–Trinajstić information content (AvgIpc) is 1.90. The van der Waals surface area contributed by atoms with E-state index in [1.165, 1.54) is 12.8 Å². The van der Waals surface area contributed by atoms with Crippen molar-refractivity contribution in [1.82, 2.24) is 0 Å². The molecule has 0 unspecified atom stereocenters. The molecule has 0 aromatic carbocycles. The molecule has 0 aromatic heterocycles. The predicted molar refractivity (Wildman–Crippen MR) is 44.5 cm³/mol. The normalized spacial score (nSPS) is 33.0.